The van der Waals surface area contributed by atoms with Crippen LogP contribution in [-0.4, -0.2) is 10.9 Å². The summed E-state index contributed by atoms with van der Waals surface area (Å²) in [6, 6.07) is 21.0. The lowest BCUT2D eigenvalue weighted by Crippen LogP contribution is -2.15. The van der Waals surface area contributed by atoms with Gasteiger partial charge in [0.25, 0.3) is 5.91 Å². The molecule has 0 aliphatic rings. The highest BCUT2D eigenvalue weighted by Gasteiger charge is 2.19. The molecule has 4 rings (SSSR count). The Kier molecular flexibility index (Phi) is 5.39. The number of hydrogen-bond donors (Lipinski definition) is 1. The Balaban J connectivity index is 1.87. The molecular weight excluding hydrogens is 448 g/mol. The number of fused-ring (bicyclic) bond motifs is 1. The van der Waals surface area contributed by atoms with Crippen molar-refractivity contribution < 1.29 is 4.79 Å². The third-order valence-corrected chi connectivity index (χ3v) is 5.76. The Labute approximate surface area is 182 Å². The number of rotatable bonds is 3. The normalized spacial score (nSPS) is 10.9. The van der Waals surface area contributed by atoms with E-state index in [-0.39, 0.29) is 5.91 Å². The van der Waals surface area contributed by atoms with E-state index < -0.39 is 0 Å². The molecule has 144 valence electrons. The van der Waals surface area contributed by atoms with Crippen molar-refractivity contribution in [3.63, 3.8) is 0 Å². The Morgan fingerprint density at radius 2 is 1.72 bits per heavy atom. The van der Waals surface area contributed by atoms with Crippen molar-refractivity contribution >= 4 is 50.0 Å². The predicted molar refractivity (Wildman–Crippen MR) is 124 cm³/mol. The van der Waals surface area contributed by atoms with Gasteiger partial charge in [-0.2, -0.15) is 0 Å². The summed E-state index contributed by atoms with van der Waals surface area (Å²) in [6.07, 6.45) is 0. The van der Waals surface area contributed by atoms with Gasteiger partial charge < -0.3 is 5.32 Å². The maximum absolute atomic E-state index is 13.3. The molecule has 29 heavy (non-hydrogen) atoms. The van der Waals surface area contributed by atoms with Crippen molar-refractivity contribution in [1.29, 1.82) is 0 Å². The van der Waals surface area contributed by atoms with Gasteiger partial charge in [0.05, 0.1) is 22.5 Å². The van der Waals surface area contributed by atoms with Crippen molar-refractivity contribution in [3.05, 3.63) is 92.9 Å². The van der Waals surface area contributed by atoms with Gasteiger partial charge in [0.2, 0.25) is 0 Å². The van der Waals surface area contributed by atoms with Crippen molar-refractivity contribution in [1.82, 2.24) is 4.98 Å². The molecule has 0 saturated heterocycles. The Morgan fingerprint density at radius 3 is 2.45 bits per heavy atom. The third-order valence-electron chi connectivity index (χ3n) is 4.85. The average molecular weight is 466 g/mol. The highest BCUT2D eigenvalue weighted by Crippen LogP contribution is 2.32. The van der Waals surface area contributed by atoms with Gasteiger partial charge in [-0.05, 0) is 71.2 Å². The Bertz CT molecular complexity index is 1240. The predicted octanol–water partition coefficient (Wildman–Crippen LogP) is 7.19. The molecule has 1 heterocycles. The summed E-state index contributed by atoms with van der Waals surface area (Å²) in [5, 5.41) is 4.52. The fourth-order valence-electron chi connectivity index (χ4n) is 3.39. The largest absolute Gasteiger partial charge is 0.321 e. The van der Waals surface area contributed by atoms with Gasteiger partial charge in [-0.3, -0.25) is 4.79 Å². The topological polar surface area (TPSA) is 42.0 Å². The zero-order chi connectivity index (χ0) is 20.5. The first-order valence-electron chi connectivity index (χ1n) is 9.17. The lowest BCUT2D eigenvalue weighted by Gasteiger charge is -2.15. The molecule has 0 spiro atoms. The van der Waals surface area contributed by atoms with Crippen molar-refractivity contribution in [2.45, 2.75) is 13.8 Å². The van der Waals surface area contributed by atoms with Crippen LogP contribution in [0.25, 0.3) is 22.2 Å². The molecule has 0 aliphatic carbocycles. The third kappa shape index (κ3) is 3.91. The van der Waals surface area contributed by atoms with Crippen LogP contribution in [0.5, 0.6) is 0 Å². The Morgan fingerprint density at radius 1 is 1.00 bits per heavy atom. The van der Waals surface area contributed by atoms with E-state index in [0.29, 0.717) is 10.6 Å². The number of para-hydroxylation sites is 1. The second kappa shape index (κ2) is 7.97. The minimum atomic E-state index is -0.166. The van der Waals surface area contributed by atoms with E-state index >= 15 is 0 Å². The van der Waals surface area contributed by atoms with E-state index in [4.69, 9.17) is 16.6 Å². The standard InChI is InChI=1S/C24H18BrClN2O/c1-14-7-12-21(19(25)13-14)28-24(29)22-15(2)23(16-8-10-17(26)11-9-16)27-20-6-4-3-5-18(20)22/h3-13H,1-2H3,(H,28,29). The summed E-state index contributed by atoms with van der Waals surface area (Å²) in [5.41, 5.74) is 5.76. The molecule has 0 unspecified atom stereocenters. The molecule has 1 aromatic heterocycles. The smallest absolute Gasteiger partial charge is 0.256 e. The van der Waals surface area contributed by atoms with Crippen molar-refractivity contribution in [3.8, 4) is 11.3 Å². The molecule has 0 saturated carbocycles. The number of carbonyl (C=O) groups is 1. The van der Waals surface area contributed by atoms with Gasteiger partial charge in [-0.25, -0.2) is 4.98 Å². The number of pyridine rings is 1. The van der Waals surface area contributed by atoms with Crippen LogP contribution in [0.15, 0.2) is 71.2 Å². The minimum Gasteiger partial charge on any atom is -0.321 e. The van der Waals surface area contributed by atoms with Gasteiger partial charge in [0, 0.05) is 20.4 Å². The molecule has 4 aromatic rings. The summed E-state index contributed by atoms with van der Waals surface area (Å²) in [4.78, 5) is 18.2. The molecule has 0 radical (unpaired) electrons. The van der Waals surface area contributed by atoms with Gasteiger partial charge in [0.1, 0.15) is 0 Å². The second-order valence-corrected chi connectivity index (χ2v) is 8.21. The Hall–Kier alpha value is -2.69. The first kappa shape index (κ1) is 19.6. The van der Waals surface area contributed by atoms with Crippen LogP contribution >= 0.6 is 27.5 Å². The van der Waals surface area contributed by atoms with Gasteiger partial charge in [-0.15, -0.1) is 0 Å². The summed E-state index contributed by atoms with van der Waals surface area (Å²) in [7, 11) is 0. The molecule has 0 fully saturated rings. The number of hydrogen-bond acceptors (Lipinski definition) is 2. The van der Waals surface area contributed by atoms with E-state index in [0.717, 1.165) is 43.4 Å². The van der Waals surface area contributed by atoms with Crippen LogP contribution in [0.4, 0.5) is 5.69 Å². The summed E-state index contributed by atoms with van der Waals surface area (Å²) in [6.45, 7) is 3.94. The number of amides is 1. The number of benzene rings is 3. The molecule has 5 heteroatoms. The maximum Gasteiger partial charge on any atom is 0.256 e. The summed E-state index contributed by atoms with van der Waals surface area (Å²) >= 11 is 9.58. The minimum absolute atomic E-state index is 0.166. The van der Waals surface area contributed by atoms with E-state index in [1.807, 2.05) is 80.6 Å². The summed E-state index contributed by atoms with van der Waals surface area (Å²) in [5.74, 6) is -0.166. The van der Waals surface area contributed by atoms with E-state index in [1.54, 1.807) is 0 Å². The molecule has 0 bridgehead atoms. The van der Waals surface area contributed by atoms with E-state index in [2.05, 4.69) is 21.2 Å². The number of aryl methyl sites for hydroxylation is 1. The molecule has 3 nitrogen and oxygen atoms in total. The van der Waals surface area contributed by atoms with Gasteiger partial charge in [0.15, 0.2) is 0 Å². The molecule has 1 N–H and O–H groups in total. The molecule has 1 amide bonds. The highest BCUT2D eigenvalue weighted by atomic mass is 79.9. The second-order valence-electron chi connectivity index (χ2n) is 6.92. The first-order chi connectivity index (χ1) is 13.9. The lowest BCUT2D eigenvalue weighted by molar-refractivity contribution is 0.102. The van der Waals surface area contributed by atoms with E-state index in [1.165, 1.54) is 0 Å². The SMILES string of the molecule is Cc1ccc(NC(=O)c2c(C)c(-c3ccc(Cl)cc3)nc3ccccc23)c(Br)c1. The van der Waals surface area contributed by atoms with Crippen LogP contribution in [0.3, 0.4) is 0 Å². The zero-order valence-electron chi connectivity index (χ0n) is 16.0. The summed E-state index contributed by atoms with van der Waals surface area (Å²) < 4.78 is 0.847. The fourth-order valence-corrected chi connectivity index (χ4v) is 4.11. The van der Waals surface area contributed by atoms with Crippen molar-refractivity contribution in [2.75, 3.05) is 5.32 Å². The van der Waals surface area contributed by atoms with Crippen LogP contribution in [0.1, 0.15) is 21.5 Å². The molecular formula is C24H18BrClN2O. The number of carbonyl (C=O) groups excluding carboxylic acids is 1. The van der Waals surface area contributed by atoms with Crippen LogP contribution in [0, 0.1) is 13.8 Å². The number of nitrogens with one attached hydrogen (secondary N) is 1. The van der Waals surface area contributed by atoms with E-state index in [9.17, 15) is 4.79 Å². The van der Waals surface area contributed by atoms with Crippen LogP contribution < -0.4 is 5.32 Å². The lowest BCUT2D eigenvalue weighted by atomic mass is 9.97. The quantitative estimate of drug-likeness (QED) is 0.348. The number of nitrogens with zero attached hydrogens (tertiary/aromatic N) is 1. The van der Waals surface area contributed by atoms with Crippen molar-refractivity contribution in [2.24, 2.45) is 0 Å². The number of anilines is 1. The van der Waals surface area contributed by atoms with Crippen LogP contribution in [0.2, 0.25) is 5.02 Å². The van der Waals surface area contributed by atoms with Gasteiger partial charge in [-0.1, -0.05) is 48.0 Å². The number of aromatic nitrogens is 1. The van der Waals surface area contributed by atoms with Crippen LogP contribution in [-0.2, 0) is 0 Å². The fraction of sp³-hybridized carbons (Fsp3) is 0.0833. The number of halogens is 2. The van der Waals surface area contributed by atoms with Gasteiger partial charge >= 0.3 is 0 Å². The molecule has 0 aliphatic heterocycles. The zero-order valence-corrected chi connectivity index (χ0v) is 18.3. The highest BCUT2D eigenvalue weighted by molar-refractivity contribution is 9.10. The molecule has 0 atom stereocenters. The maximum atomic E-state index is 13.3. The monoisotopic (exact) mass is 464 g/mol. The average Bonchev–Trinajstić information content (AvgIpc) is 2.70. The molecule has 3 aromatic carbocycles. The first-order valence-corrected chi connectivity index (χ1v) is 10.3.